The normalized spacial score (nSPS) is 29.8. The molecule has 1 aromatic carbocycles. The van der Waals surface area contributed by atoms with Crippen LogP contribution in [-0.4, -0.2) is 12.6 Å². The van der Waals surface area contributed by atoms with E-state index in [9.17, 15) is 4.79 Å². The summed E-state index contributed by atoms with van der Waals surface area (Å²) < 4.78 is 11.2. The van der Waals surface area contributed by atoms with Crippen LogP contribution < -0.4 is 0 Å². The highest BCUT2D eigenvalue weighted by atomic mass is 16.5. The largest absolute Gasteiger partial charge is 0.461 e. The van der Waals surface area contributed by atoms with Crippen molar-refractivity contribution >= 4 is 5.97 Å². The molecule has 1 heterocycles. The molecule has 0 radical (unpaired) electrons. The summed E-state index contributed by atoms with van der Waals surface area (Å²) in [4.78, 5) is 12.0. The molecule has 96 valence electrons. The summed E-state index contributed by atoms with van der Waals surface area (Å²) in [7, 11) is 0. The van der Waals surface area contributed by atoms with Gasteiger partial charge in [-0.25, -0.2) is 0 Å². The van der Waals surface area contributed by atoms with Gasteiger partial charge in [0.2, 0.25) is 0 Å². The average Bonchev–Trinajstić information content (AvgIpc) is 2.90. The fourth-order valence-electron chi connectivity index (χ4n) is 2.90. The van der Waals surface area contributed by atoms with E-state index in [0.717, 1.165) is 11.1 Å². The maximum Gasteiger partial charge on any atom is 0.310 e. The van der Waals surface area contributed by atoms with Crippen LogP contribution in [0.1, 0.15) is 25.0 Å². The summed E-state index contributed by atoms with van der Waals surface area (Å²) >= 11 is 0. The standard InChI is InChI=1S/C15H18O3/c1-15(2)12-9-17-7-10-5-3-4-6-11(10)8-18-14(16)13(12)15/h3-6,12-13H,7-9H2,1-2H3/t12-,13-/m0/s1. The topological polar surface area (TPSA) is 35.5 Å². The molecule has 0 N–H and O–H groups in total. The van der Waals surface area contributed by atoms with Gasteiger partial charge in [0.05, 0.1) is 19.1 Å². The highest BCUT2D eigenvalue weighted by molar-refractivity contribution is 5.77. The zero-order valence-corrected chi connectivity index (χ0v) is 10.8. The third kappa shape index (κ3) is 1.83. The highest BCUT2D eigenvalue weighted by Crippen LogP contribution is 2.59. The van der Waals surface area contributed by atoms with Crippen LogP contribution in [0, 0.1) is 17.3 Å². The summed E-state index contributed by atoms with van der Waals surface area (Å²) in [6.07, 6.45) is 0. The number of benzene rings is 1. The average molecular weight is 246 g/mol. The van der Waals surface area contributed by atoms with E-state index in [1.54, 1.807) is 0 Å². The molecule has 1 aliphatic carbocycles. The Balaban J connectivity index is 1.83. The first-order valence-electron chi connectivity index (χ1n) is 6.42. The van der Waals surface area contributed by atoms with Crippen LogP contribution in [0.4, 0.5) is 0 Å². The van der Waals surface area contributed by atoms with Crippen LogP contribution in [0.5, 0.6) is 0 Å². The van der Waals surface area contributed by atoms with Crippen molar-refractivity contribution in [1.29, 1.82) is 0 Å². The van der Waals surface area contributed by atoms with Gasteiger partial charge in [-0.1, -0.05) is 38.1 Å². The number of esters is 1. The Bertz CT molecular complexity index is 478. The zero-order chi connectivity index (χ0) is 12.8. The monoisotopic (exact) mass is 246 g/mol. The summed E-state index contributed by atoms with van der Waals surface area (Å²) in [5.41, 5.74) is 2.18. The lowest BCUT2D eigenvalue weighted by atomic mass is 10.1. The van der Waals surface area contributed by atoms with E-state index in [0.29, 0.717) is 25.7 Å². The number of hydrogen-bond donors (Lipinski definition) is 0. The van der Waals surface area contributed by atoms with E-state index in [-0.39, 0.29) is 17.3 Å². The third-order valence-electron chi connectivity index (χ3n) is 4.35. The highest BCUT2D eigenvalue weighted by Gasteiger charge is 2.62. The molecule has 0 saturated heterocycles. The first-order chi connectivity index (χ1) is 8.60. The first-order valence-corrected chi connectivity index (χ1v) is 6.42. The van der Waals surface area contributed by atoms with Crippen molar-refractivity contribution in [3.63, 3.8) is 0 Å². The Labute approximate surface area is 107 Å². The van der Waals surface area contributed by atoms with Crippen molar-refractivity contribution in [3.05, 3.63) is 35.4 Å². The van der Waals surface area contributed by atoms with Crippen molar-refractivity contribution in [1.82, 2.24) is 0 Å². The predicted octanol–water partition coefficient (Wildman–Crippen LogP) is 2.53. The number of rotatable bonds is 0. The molecule has 0 aromatic heterocycles. The molecule has 3 heteroatoms. The van der Waals surface area contributed by atoms with Crippen molar-refractivity contribution in [3.8, 4) is 0 Å². The van der Waals surface area contributed by atoms with Crippen molar-refractivity contribution in [2.45, 2.75) is 27.1 Å². The van der Waals surface area contributed by atoms with Gasteiger partial charge in [-0.3, -0.25) is 4.79 Å². The van der Waals surface area contributed by atoms with Gasteiger partial charge in [-0.2, -0.15) is 0 Å². The molecule has 0 amide bonds. The van der Waals surface area contributed by atoms with Gasteiger partial charge >= 0.3 is 5.97 Å². The maximum absolute atomic E-state index is 12.0. The maximum atomic E-state index is 12.0. The Kier molecular flexibility index (Phi) is 2.67. The van der Waals surface area contributed by atoms with Crippen LogP contribution >= 0.6 is 0 Å². The van der Waals surface area contributed by atoms with E-state index in [1.807, 2.05) is 24.3 Å². The van der Waals surface area contributed by atoms with E-state index >= 15 is 0 Å². The number of ether oxygens (including phenoxy) is 2. The number of carbonyl (C=O) groups excluding carboxylic acids is 1. The van der Waals surface area contributed by atoms with E-state index in [1.165, 1.54) is 0 Å². The van der Waals surface area contributed by atoms with Gasteiger partial charge in [0.25, 0.3) is 0 Å². The Hall–Kier alpha value is -1.35. The zero-order valence-electron chi connectivity index (χ0n) is 10.8. The smallest absolute Gasteiger partial charge is 0.310 e. The van der Waals surface area contributed by atoms with Crippen molar-refractivity contribution < 1.29 is 14.3 Å². The molecule has 0 bridgehead atoms. The molecule has 3 nitrogen and oxygen atoms in total. The summed E-state index contributed by atoms with van der Waals surface area (Å²) in [6.45, 7) is 5.82. The van der Waals surface area contributed by atoms with Crippen LogP contribution in [-0.2, 0) is 27.5 Å². The number of cyclic esters (lactones) is 1. The summed E-state index contributed by atoms with van der Waals surface area (Å²) in [6, 6.07) is 7.96. The van der Waals surface area contributed by atoms with E-state index in [2.05, 4.69) is 13.8 Å². The second-order valence-electron chi connectivity index (χ2n) is 5.80. The minimum absolute atomic E-state index is 0.00256. The Morgan fingerprint density at radius 2 is 1.83 bits per heavy atom. The molecule has 1 saturated carbocycles. The van der Waals surface area contributed by atoms with E-state index < -0.39 is 0 Å². The third-order valence-corrected chi connectivity index (χ3v) is 4.35. The molecule has 3 rings (SSSR count). The molecule has 1 aromatic rings. The number of hydrogen-bond acceptors (Lipinski definition) is 3. The first kappa shape index (κ1) is 11.7. The fraction of sp³-hybridized carbons (Fsp3) is 0.533. The van der Waals surface area contributed by atoms with Crippen molar-refractivity contribution in [2.75, 3.05) is 6.61 Å². The quantitative estimate of drug-likeness (QED) is 0.660. The number of fused-ring (bicyclic) bond motifs is 2. The lowest BCUT2D eigenvalue weighted by Gasteiger charge is -2.12. The van der Waals surface area contributed by atoms with Crippen LogP contribution in [0.25, 0.3) is 0 Å². The second-order valence-corrected chi connectivity index (χ2v) is 5.80. The molecule has 0 unspecified atom stereocenters. The van der Waals surface area contributed by atoms with Gasteiger partial charge in [-0.05, 0) is 16.5 Å². The van der Waals surface area contributed by atoms with Crippen LogP contribution in [0.15, 0.2) is 24.3 Å². The van der Waals surface area contributed by atoms with Crippen LogP contribution in [0.2, 0.25) is 0 Å². The van der Waals surface area contributed by atoms with E-state index in [4.69, 9.17) is 9.47 Å². The Morgan fingerprint density at radius 3 is 2.56 bits per heavy atom. The van der Waals surface area contributed by atoms with Gasteiger partial charge in [0.15, 0.2) is 0 Å². The van der Waals surface area contributed by atoms with Gasteiger partial charge in [0.1, 0.15) is 6.61 Å². The SMILES string of the molecule is CC1(C)[C@@H]2C(=O)OCc3ccccc3COC[C@@H]21. The Morgan fingerprint density at radius 1 is 1.17 bits per heavy atom. The van der Waals surface area contributed by atoms with Gasteiger partial charge in [-0.15, -0.1) is 0 Å². The molecule has 1 aliphatic heterocycles. The fourth-order valence-corrected chi connectivity index (χ4v) is 2.90. The van der Waals surface area contributed by atoms with Gasteiger partial charge in [0, 0.05) is 5.92 Å². The predicted molar refractivity (Wildman–Crippen MR) is 66.7 cm³/mol. The summed E-state index contributed by atoms with van der Waals surface area (Å²) in [5, 5.41) is 0. The summed E-state index contributed by atoms with van der Waals surface area (Å²) in [5.74, 6) is 0.225. The molecular formula is C15H18O3. The minimum atomic E-state index is -0.0784. The lowest BCUT2D eigenvalue weighted by molar-refractivity contribution is -0.148. The lowest BCUT2D eigenvalue weighted by Crippen LogP contribution is -2.13. The molecule has 2 atom stereocenters. The molecule has 1 fully saturated rings. The second kappa shape index (κ2) is 4.09. The van der Waals surface area contributed by atoms with Crippen LogP contribution in [0.3, 0.4) is 0 Å². The molecule has 2 aliphatic rings. The molecule has 0 spiro atoms. The van der Waals surface area contributed by atoms with Crippen molar-refractivity contribution in [2.24, 2.45) is 17.3 Å². The molecular weight excluding hydrogens is 228 g/mol. The van der Waals surface area contributed by atoms with Gasteiger partial charge < -0.3 is 9.47 Å². The minimum Gasteiger partial charge on any atom is -0.461 e. The number of carbonyl (C=O) groups is 1. The molecule has 18 heavy (non-hydrogen) atoms.